The molecule has 1 amide bonds. The van der Waals surface area contributed by atoms with Gasteiger partial charge in [0, 0.05) is 6.92 Å². The Bertz CT molecular complexity index is 1010. The Labute approximate surface area is 161 Å². The van der Waals surface area contributed by atoms with E-state index in [4.69, 9.17) is 0 Å². The molecule has 0 saturated heterocycles. The summed E-state index contributed by atoms with van der Waals surface area (Å²) in [5.41, 5.74) is 1.79. The van der Waals surface area contributed by atoms with Crippen LogP contribution in [0.25, 0.3) is 0 Å². The summed E-state index contributed by atoms with van der Waals surface area (Å²) in [5, 5.41) is 14.9. The van der Waals surface area contributed by atoms with Crippen LogP contribution in [0, 0.1) is 11.7 Å². The quantitative estimate of drug-likeness (QED) is 0.847. The molecule has 2 aromatic rings. The summed E-state index contributed by atoms with van der Waals surface area (Å²) in [6.45, 7) is 1.75. The number of nitrogens with zero attached hydrogens (tertiary/aromatic N) is 2. The number of carbonyl (C=O) groups excluding carboxylic acids is 2. The minimum Gasteiger partial charge on any atom is -0.847 e. The lowest BCUT2D eigenvalue weighted by Gasteiger charge is -2.41. The van der Waals surface area contributed by atoms with E-state index in [9.17, 15) is 19.1 Å². The summed E-state index contributed by atoms with van der Waals surface area (Å²) in [6, 6.07) is 14.3. The van der Waals surface area contributed by atoms with Crippen molar-refractivity contribution < 1.29 is 24.1 Å². The van der Waals surface area contributed by atoms with Crippen LogP contribution in [-0.2, 0) is 9.59 Å². The molecule has 0 spiro atoms. The lowest BCUT2D eigenvalue weighted by molar-refractivity contribution is -0.837. The molecule has 1 saturated carbocycles. The number of hydrogen-bond acceptors (Lipinski definition) is 4. The topological polar surface area (TPSA) is 77.2 Å². The average molecular weight is 379 g/mol. The lowest BCUT2D eigenvalue weighted by atomic mass is 9.72. The Morgan fingerprint density at radius 2 is 1.71 bits per heavy atom. The van der Waals surface area contributed by atoms with Crippen molar-refractivity contribution in [3.63, 3.8) is 0 Å². The maximum absolute atomic E-state index is 13.0. The van der Waals surface area contributed by atoms with Crippen LogP contribution in [0.15, 0.2) is 70.9 Å². The predicted molar refractivity (Wildman–Crippen MR) is 99.3 cm³/mol. The first-order chi connectivity index (χ1) is 13.4. The summed E-state index contributed by atoms with van der Waals surface area (Å²) in [4.78, 5) is 29.8. The highest BCUT2D eigenvalue weighted by Gasteiger charge is 2.51. The monoisotopic (exact) mass is 379 g/mol. The van der Waals surface area contributed by atoms with Gasteiger partial charge < -0.3 is 5.11 Å². The Hall–Kier alpha value is -3.16. The predicted octanol–water partition coefficient (Wildman–Crippen LogP) is 0.576. The van der Waals surface area contributed by atoms with Crippen LogP contribution >= 0.6 is 0 Å². The van der Waals surface area contributed by atoms with Crippen molar-refractivity contribution in [3.05, 3.63) is 71.7 Å². The SMILES string of the molecule is CC1=C(C2C(=O)C(=Nc3ccc(F)cc3)C2[O-])C(=O)N(c2ccccc2)[NH+]1C. The van der Waals surface area contributed by atoms with Crippen molar-refractivity contribution in [2.24, 2.45) is 10.9 Å². The average Bonchev–Trinajstić information content (AvgIpc) is 2.91. The van der Waals surface area contributed by atoms with Gasteiger partial charge in [-0.05, 0) is 36.4 Å². The number of amides is 1. The van der Waals surface area contributed by atoms with Crippen LogP contribution in [0.3, 0.4) is 0 Å². The minimum atomic E-state index is -1.42. The minimum absolute atomic E-state index is 0.125. The smallest absolute Gasteiger partial charge is 0.306 e. The first kappa shape index (κ1) is 18.2. The summed E-state index contributed by atoms with van der Waals surface area (Å²) < 4.78 is 13.0. The molecule has 28 heavy (non-hydrogen) atoms. The highest BCUT2D eigenvalue weighted by Crippen LogP contribution is 2.33. The van der Waals surface area contributed by atoms with Crippen molar-refractivity contribution >= 4 is 28.8 Å². The zero-order chi connectivity index (χ0) is 20.0. The van der Waals surface area contributed by atoms with Gasteiger partial charge in [0.1, 0.15) is 11.5 Å². The molecule has 4 rings (SSSR count). The van der Waals surface area contributed by atoms with Crippen molar-refractivity contribution in [1.29, 1.82) is 0 Å². The molecule has 3 atom stereocenters. The van der Waals surface area contributed by atoms with E-state index < -0.39 is 23.6 Å². The standard InChI is InChI=1S/C21H17FN3O3/c1-12-16(21(28)25(24(12)2)15-6-4-3-5-7-15)17-19(26)18(20(17)27)23-14-10-8-13(22)9-11-14/h3-11,17,19H,1-2H3/q-1/p+1. The molecule has 0 aromatic heterocycles. The number of Topliss-reactive ketones (excluding diaryl/α,β-unsaturated/α-hetero) is 1. The molecule has 2 aromatic carbocycles. The fourth-order valence-corrected chi connectivity index (χ4v) is 3.60. The van der Waals surface area contributed by atoms with Gasteiger partial charge in [0.2, 0.25) is 0 Å². The van der Waals surface area contributed by atoms with Gasteiger partial charge in [-0.2, -0.15) is 5.01 Å². The third-order valence-corrected chi connectivity index (χ3v) is 5.22. The second-order valence-electron chi connectivity index (χ2n) is 6.84. The number of aliphatic imine (C=N–C) groups is 1. The number of carbonyl (C=O) groups is 2. The van der Waals surface area contributed by atoms with Gasteiger partial charge in [0.25, 0.3) is 0 Å². The number of para-hydroxylation sites is 1. The molecule has 2 aliphatic rings. The first-order valence-corrected chi connectivity index (χ1v) is 8.88. The number of quaternary nitrogens is 1. The van der Waals surface area contributed by atoms with E-state index >= 15 is 0 Å². The second-order valence-corrected chi connectivity index (χ2v) is 6.84. The maximum Gasteiger partial charge on any atom is 0.306 e. The van der Waals surface area contributed by atoms with Gasteiger partial charge in [0.05, 0.1) is 35.6 Å². The molecule has 1 N–H and O–H groups in total. The molecule has 142 valence electrons. The van der Waals surface area contributed by atoms with E-state index in [1.54, 1.807) is 26.1 Å². The summed E-state index contributed by atoms with van der Waals surface area (Å²) >= 11 is 0. The van der Waals surface area contributed by atoms with Crippen molar-refractivity contribution in [1.82, 2.24) is 0 Å². The second kappa shape index (κ2) is 6.78. The molecule has 1 aliphatic carbocycles. The largest absolute Gasteiger partial charge is 0.847 e. The lowest BCUT2D eigenvalue weighted by Crippen LogP contribution is -3.13. The molecular weight excluding hydrogens is 361 g/mol. The molecular formula is C21H18FN3O3. The number of ketones is 1. The Balaban J connectivity index is 1.62. The normalized spacial score (nSPS) is 26.2. The van der Waals surface area contributed by atoms with E-state index in [-0.39, 0.29) is 17.2 Å². The summed E-state index contributed by atoms with van der Waals surface area (Å²) in [7, 11) is 1.80. The molecule has 1 fully saturated rings. The van der Waals surface area contributed by atoms with Crippen molar-refractivity contribution in [2.45, 2.75) is 13.0 Å². The number of nitrogens with one attached hydrogen (secondary N) is 1. The van der Waals surface area contributed by atoms with E-state index in [1.165, 1.54) is 29.3 Å². The molecule has 0 radical (unpaired) electrons. The number of anilines is 1. The van der Waals surface area contributed by atoms with Crippen LogP contribution in [0.2, 0.25) is 0 Å². The number of rotatable bonds is 3. The first-order valence-electron chi connectivity index (χ1n) is 8.88. The highest BCUT2D eigenvalue weighted by atomic mass is 19.1. The highest BCUT2D eigenvalue weighted by molar-refractivity contribution is 6.51. The van der Waals surface area contributed by atoms with Crippen LogP contribution < -0.4 is 15.1 Å². The number of benzene rings is 2. The van der Waals surface area contributed by atoms with Gasteiger partial charge in [-0.1, -0.05) is 24.3 Å². The third kappa shape index (κ3) is 2.76. The molecule has 0 bridgehead atoms. The van der Waals surface area contributed by atoms with Gasteiger partial charge in [-0.15, -0.1) is 5.01 Å². The van der Waals surface area contributed by atoms with Crippen LogP contribution in [0.4, 0.5) is 15.8 Å². The van der Waals surface area contributed by atoms with Gasteiger partial charge in [0.15, 0.2) is 5.78 Å². The Morgan fingerprint density at radius 3 is 2.32 bits per heavy atom. The fraction of sp³-hybridized carbons (Fsp3) is 0.190. The van der Waals surface area contributed by atoms with E-state index in [0.29, 0.717) is 22.1 Å². The van der Waals surface area contributed by atoms with Crippen LogP contribution in [0.1, 0.15) is 6.92 Å². The zero-order valence-electron chi connectivity index (χ0n) is 15.3. The number of halogens is 1. The van der Waals surface area contributed by atoms with Crippen LogP contribution in [-0.4, -0.2) is 30.6 Å². The van der Waals surface area contributed by atoms with Crippen molar-refractivity contribution in [2.75, 3.05) is 12.1 Å². The van der Waals surface area contributed by atoms with Gasteiger partial charge in [-0.3, -0.25) is 14.6 Å². The van der Waals surface area contributed by atoms with E-state index in [2.05, 4.69) is 4.99 Å². The van der Waals surface area contributed by atoms with Crippen LogP contribution in [0.5, 0.6) is 0 Å². The zero-order valence-corrected chi connectivity index (χ0v) is 15.3. The van der Waals surface area contributed by atoms with Gasteiger partial charge in [-0.25, -0.2) is 4.39 Å². The summed E-state index contributed by atoms with van der Waals surface area (Å²) in [6.07, 6.45) is -1.42. The molecule has 1 heterocycles. The third-order valence-electron chi connectivity index (χ3n) is 5.22. The Morgan fingerprint density at radius 1 is 1.07 bits per heavy atom. The fourth-order valence-electron chi connectivity index (χ4n) is 3.60. The van der Waals surface area contributed by atoms with Gasteiger partial charge >= 0.3 is 5.91 Å². The molecule has 6 nitrogen and oxygen atoms in total. The Kier molecular flexibility index (Phi) is 4.41. The van der Waals surface area contributed by atoms with E-state index in [0.717, 1.165) is 0 Å². The number of hydrogen-bond donors (Lipinski definition) is 1. The molecule has 3 unspecified atom stereocenters. The maximum atomic E-state index is 13.0. The van der Waals surface area contributed by atoms with E-state index in [1.807, 2.05) is 18.2 Å². The molecule has 7 heteroatoms. The summed E-state index contributed by atoms with van der Waals surface area (Å²) in [5.74, 6) is -2.27. The molecule has 1 aliphatic heterocycles. The number of allylic oxidation sites excluding steroid dienone is 1. The van der Waals surface area contributed by atoms with Crippen molar-refractivity contribution in [3.8, 4) is 0 Å².